The number of allylic oxidation sites excluding steroid dienone is 1. The van der Waals surface area contributed by atoms with Gasteiger partial charge in [-0.25, -0.2) is 18.2 Å². The van der Waals surface area contributed by atoms with Crippen molar-refractivity contribution in [2.45, 2.75) is 106 Å². The number of benzene rings is 1. The van der Waals surface area contributed by atoms with Gasteiger partial charge in [0.25, 0.3) is 5.91 Å². The molecule has 3 aliphatic heterocycles. The van der Waals surface area contributed by atoms with Crippen LogP contribution in [0.1, 0.15) is 70.6 Å². The lowest BCUT2D eigenvalue weighted by atomic mass is 10.0. The van der Waals surface area contributed by atoms with Crippen molar-refractivity contribution in [3.63, 3.8) is 0 Å². The van der Waals surface area contributed by atoms with Gasteiger partial charge in [0, 0.05) is 36.8 Å². The molecular weight excluding hydrogens is 678 g/mol. The average molecular weight is 724 g/mol. The van der Waals surface area contributed by atoms with E-state index in [4.69, 9.17) is 14.2 Å². The summed E-state index contributed by atoms with van der Waals surface area (Å²) in [5, 5.41) is 6.74. The largest absolute Gasteiger partial charge is 0.472 e. The van der Waals surface area contributed by atoms with Crippen molar-refractivity contribution in [1.82, 2.24) is 25.2 Å². The normalized spacial score (nSPS) is 29.8. The van der Waals surface area contributed by atoms with Crippen molar-refractivity contribution >= 4 is 44.6 Å². The highest BCUT2D eigenvalue weighted by molar-refractivity contribution is 7.91. The first-order valence-corrected chi connectivity index (χ1v) is 19.6. The summed E-state index contributed by atoms with van der Waals surface area (Å²) in [5.41, 5.74) is -1.48. The number of sulfonamides is 1. The second-order valence-corrected chi connectivity index (χ2v) is 16.2. The van der Waals surface area contributed by atoms with E-state index in [0.717, 1.165) is 23.6 Å². The third-order valence-electron chi connectivity index (χ3n) is 10.5. The Balaban J connectivity index is 1.16. The molecule has 2 saturated heterocycles. The maximum absolute atomic E-state index is 14.4. The molecule has 2 aliphatic carbocycles. The predicted octanol–water partition coefficient (Wildman–Crippen LogP) is 2.86. The standard InChI is InChI=1S/C36H45N5O9S/c42-31-30-20-26(49-32-28-10-7-6-8-23(28)14-17-37-32)22-41(30)33(43)29(38-35(45)50-25-15-18-48-19-16-25)11-5-3-1-2-4-9-24-21-36(24,39-31)34(44)40-51(46,47)27-12-13-27/h4,6-10,14,17,24-27,29-30H,1-3,5,11-13,15-16,18-22H2,(H,38,45)(H,39,42)(H,40,44)/b9-4-/t24-,26-,29+,30+,36-/m1/s1. The van der Waals surface area contributed by atoms with Gasteiger partial charge < -0.3 is 29.7 Å². The highest BCUT2D eigenvalue weighted by Gasteiger charge is 2.62. The lowest BCUT2D eigenvalue weighted by Gasteiger charge is -2.30. The molecule has 51 heavy (non-hydrogen) atoms. The summed E-state index contributed by atoms with van der Waals surface area (Å²) >= 11 is 0. The molecule has 0 bridgehead atoms. The van der Waals surface area contributed by atoms with E-state index in [-0.39, 0.29) is 25.5 Å². The van der Waals surface area contributed by atoms with E-state index in [1.165, 1.54) is 4.90 Å². The Kier molecular flexibility index (Phi) is 10.2. The Labute approximate surface area is 297 Å². The molecule has 0 radical (unpaired) electrons. The molecule has 4 heterocycles. The van der Waals surface area contributed by atoms with Gasteiger partial charge in [-0.1, -0.05) is 43.2 Å². The van der Waals surface area contributed by atoms with Crippen molar-refractivity contribution in [2.75, 3.05) is 19.8 Å². The summed E-state index contributed by atoms with van der Waals surface area (Å²) in [7, 11) is -3.87. The zero-order chi connectivity index (χ0) is 35.6. The van der Waals surface area contributed by atoms with Gasteiger partial charge in [0.2, 0.25) is 27.7 Å². The lowest BCUT2D eigenvalue weighted by Crippen LogP contribution is -2.58. The Bertz CT molecular complexity index is 1790. The van der Waals surface area contributed by atoms with Gasteiger partial charge in [-0.3, -0.25) is 19.1 Å². The van der Waals surface area contributed by atoms with Crippen molar-refractivity contribution in [2.24, 2.45) is 5.92 Å². The fraction of sp³-hybridized carbons (Fsp3) is 0.583. The van der Waals surface area contributed by atoms with Crippen LogP contribution in [0.2, 0.25) is 0 Å². The number of fused-ring (bicyclic) bond motifs is 3. The number of ether oxygens (including phenoxy) is 3. The molecule has 4 fully saturated rings. The highest BCUT2D eigenvalue weighted by Crippen LogP contribution is 2.46. The molecule has 0 spiro atoms. The molecule has 2 aromatic rings. The predicted molar refractivity (Wildman–Crippen MR) is 185 cm³/mol. The molecule has 2 saturated carbocycles. The van der Waals surface area contributed by atoms with E-state index < -0.39 is 68.7 Å². The Morgan fingerprint density at radius 1 is 1.00 bits per heavy atom. The fourth-order valence-electron chi connectivity index (χ4n) is 7.31. The van der Waals surface area contributed by atoms with Gasteiger partial charge in [-0.2, -0.15) is 0 Å². The number of aromatic nitrogens is 1. The van der Waals surface area contributed by atoms with E-state index in [9.17, 15) is 27.6 Å². The van der Waals surface area contributed by atoms with E-state index >= 15 is 0 Å². The van der Waals surface area contributed by atoms with Crippen LogP contribution in [0.5, 0.6) is 5.88 Å². The summed E-state index contributed by atoms with van der Waals surface area (Å²) in [4.78, 5) is 61.3. The van der Waals surface area contributed by atoms with Gasteiger partial charge in [-0.15, -0.1) is 0 Å². The number of carbonyl (C=O) groups excluding carboxylic acids is 4. The van der Waals surface area contributed by atoms with Gasteiger partial charge in [-0.05, 0) is 56.0 Å². The fourth-order valence-corrected chi connectivity index (χ4v) is 8.68. The highest BCUT2D eigenvalue weighted by atomic mass is 32.2. The number of rotatable bonds is 7. The molecule has 1 aromatic carbocycles. The molecule has 0 unspecified atom stereocenters. The van der Waals surface area contributed by atoms with Gasteiger partial charge in [0.05, 0.1) is 25.0 Å². The van der Waals surface area contributed by atoms with Crippen LogP contribution in [-0.2, 0) is 33.9 Å². The van der Waals surface area contributed by atoms with Crippen LogP contribution >= 0.6 is 0 Å². The van der Waals surface area contributed by atoms with Crippen molar-refractivity contribution < 1.29 is 41.8 Å². The summed E-state index contributed by atoms with van der Waals surface area (Å²) in [5.74, 6) is -1.90. The van der Waals surface area contributed by atoms with Gasteiger partial charge in [0.1, 0.15) is 29.8 Å². The van der Waals surface area contributed by atoms with E-state index in [1.807, 2.05) is 42.5 Å². The molecule has 7 rings (SSSR count). The number of amides is 4. The summed E-state index contributed by atoms with van der Waals surface area (Å²) in [6.45, 7) is 0.992. The minimum absolute atomic E-state index is 0.0214. The van der Waals surface area contributed by atoms with E-state index in [0.29, 0.717) is 64.0 Å². The molecule has 15 heteroatoms. The average Bonchev–Trinajstić information content (AvgIpc) is 4.04. The Morgan fingerprint density at radius 3 is 2.61 bits per heavy atom. The first kappa shape index (κ1) is 35.2. The molecular formula is C36H45N5O9S. The number of nitrogens with one attached hydrogen (secondary N) is 3. The van der Waals surface area contributed by atoms with Crippen LogP contribution in [-0.4, -0.2) is 97.0 Å². The number of alkyl carbamates (subject to hydrolysis) is 1. The molecule has 1 aromatic heterocycles. The van der Waals surface area contributed by atoms with Crippen LogP contribution in [0.3, 0.4) is 0 Å². The van der Waals surface area contributed by atoms with Crippen molar-refractivity contribution in [3.05, 3.63) is 48.7 Å². The molecule has 14 nitrogen and oxygen atoms in total. The van der Waals surface area contributed by atoms with E-state index in [1.54, 1.807) is 6.20 Å². The monoisotopic (exact) mass is 723 g/mol. The number of hydrogen-bond donors (Lipinski definition) is 3. The van der Waals surface area contributed by atoms with Crippen LogP contribution in [0.25, 0.3) is 10.8 Å². The summed E-state index contributed by atoms with van der Waals surface area (Å²) in [6.07, 6.45) is 9.44. The first-order valence-electron chi connectivity index (χ1n) is 18.0. The van der Waals surface area contributed by atoms with Crippen LogP contribution in [0, 0.1) is 5.92 Å². The topological polar surface area (TPSA) is 182 Å². The van der Waals surface area contributed by atoms with E-state index in [2.05, 4.69) is 20.3 Å². The lowest BCUT2D eigenvalue weighted by molar-refractivity contribution is -0.141. The second kappa shape index (κ2) is 14.8. The minimum Gasteiger partial charge on any atom is -0.472 e. The molecule has 4 amide bonds. The molecule has 3 N–H and O–H groups in total. The maximum atomic E-state index is 14.4. The third-order valence-corrected chi connectivity index (χ3v) is 12.3. The molecule has 5 atom stereocenters. The molecule has 5 aliphatic rings. The Hall–Kier alpha value is -4.24. The summed E-state index contributed by atoms with van der Waals surface area (Å²) < 4.78 is 45.2. The van der Waals surface area contributed by atoms with Crippen LogP contribution in [0.4, 0.5) is 4.79 Å². The SMILES string of the molecule is O=C(N[C@H]1CCCCC/C=C\[C@@H]2C[C@@]2(C(=O)NS(=O)(=O)C2CC2)NC(=O)[C@@H]2C[C@@H](Oc3nccc4ccccc34)CN2C1=O)OC1CCOCC1. The number of pyridine rings is 1. The van der Waals surface area contributed by atoms with Gasteiger partial charge >= 0.3 is 6.09 Å². The van der Waals surface area contributed by atoms with Crippen LogP contribution < -0.4 is 20.1 Å². The van der Waals surface area contributed by atoms with Gasteiger partial charge in [0.15, 0.2) is 0 Å². The number of carbonyl (C=O) groups is 4. The zero-order valence-electron chi connectivity index (χ0n) is 28.5. The quantitative estimate of drug-likeness (QED) is 0.360. The smallest absolute Gasteiger partial charge is 0.408 e. The molecule has 274 valence electrons. The zero-order valence-corrected chi connectivity index (χ0v) is 29.3. The maximum Gasteiger partial charge on any atom is 0.408 e. The van der Waals surface area contributed by atoms with Crippen molar-refractivity contribution in [1.29, 1.82) is 0 Å². The minimum atomic E-state index is -3.87. The Morgan fingerprint density at radius 2 is 1.80 bits per heavy atom. The van der Waals surface area contributed by atoms with Crippen LogP contribution in [0.15, 0.2) is 48.7 Å². The second-order valence-electron chi connectivity index (χ2n) is 14.2. The third kappa shape index (κ3) is 7.98. The number of hydrogen-bond acceptors (Lipinski definition) is 10. The van der Waals surface area contributed by atoms with Crippen molar-refractivity contribution in [3.8, 4) is 5.88 Å². The number of nitrogens with zero attached hydrogens (tertiary/aromatic N) is 2. The summed E-state index contributed by atoms with van der Waals surface area (Å²) in [6, 6.07) is 7.41. The first-order chi connectivity index (χ1) is 24.6.